The molecule has 0 saturated carbocycles. The number of rotatable bonds is 3. The number of aromatic nitrogens is 1. The number of nitrogens with zero attached hydrogens (tertiary/aromatic N) is 1. The number of carbonyl (C=O) groups is 2. The van der Waals surface area contributed by atoms with Crippen molar-refractivity contribution in [2.45, 2.75) is 25.8 Å². The van der Waals surface area contributed by atoms with Crippen molar-refractivity contribution in [1.82, 2.24) is 9.88 Å². The highest BCUT2D eigenvalue weighted by Crippen LogP contribution is 2.37. The van der Waals surface area contributed by atoms with Gasteiger partial charge in [0.2, 0.25) is 0 Å². The van der Waals surface area contributed by atoms with Gasteiger partial charge in [0.15, 0.2) is 0 Å². The van der Waals surface area contributed by atoms with Crippen LogP contribution in [0.2, 0.25) is 5.02 Å². The van der Waals surface area contributed by atoms with Crippen LogP contribution in [-0.2, 0) is 13.5 Å². The Bertz CT molecular complexity index is 879. The molecule has 1 aromatic carbocycles. The van der Waals surface area contributed by atoms with E-state index < -0.39 is 11.9 Å². The van der Waals surface area contributed by atoms with Crippen LogP contribution in [0.1, 0.15) is 39.8 Å². The summed E-state index contributed by atoms with van der Waals surface area (Å²) in [4.78, 5) is 23.7. The molecule has 8 heteroatoms. The van der Waals surface area contributed by atoms with Crippen molar-refractivity contribution in [3.05, 3.63) is 51.6 Å². The molecule has 0 radical (unpaired) electrons. The minimum atomic E-state index is -1.09. The largest absolute Gasteiger partial charge is 0.465 e. The van der Waals surface area contributed by atoms with Crippen molar-refractivity contribution in [3.63, 3.8) is 0 Å². The Labute approximate surface area is 148 Å². The highest BCUT2D eigenvalue weighted by atomic mass is 35.5. The molecule has 3 rings (SSSR count). The molecule has 0 spiro atoms. The van der Waals surface area contributed by atoms with E-state index in [9.17, 15) is 14.0 Å². The van der Waals surface area contributed by atoms with Crippen molar-refractivity contribution < 1.29 is 19.1 Å². The molecular formula is C17H17ClFN3O3. The molecule has 1 unspecified atom stereocenters. The summed E-state index contributed by atoms with van der Waals surface area (Å²) >= 11 is 5.74. The van der Waals surface area contributed by atoms with E-state index >= 15 is 0 Å². The molecule has 1 aliphatic carbocycles. The van der Waals surface area contributed by atoms with Gasteiger partial charge >= 0.3 is 6.09 Å². The maximum atomic E-state index is 13.3. The Balaban J connectivity index is 1.93. The van der Waals surface area contributed by atoms with Gasteiger partial charge in [0.25, 0.3) is 5.91 Å². The second kappa shape index (κ2) is 6.40. The average molecular weight is 366 g/mol. The van der Waals surface area contributed by atoms with Crippen LogP contribution in [0.25, 0.3) is 0 Å². The van der Waals surface area contributed by atoms with Crippen LogP contribution >= 0.6 is 11.6 Å². The summed E-state index contributed by atoms with van der Waals surface area (Å²) in [6.07, 6.45) is 0.129. The average Bonchev–Trinajstić information content (AvgIpc) is 3.03. The van der Waals surface area contributed by atoms with Crippen molar-refractivity contribution >= 4 is 29.3 Å². The Morgan fingerprint density at radius 1 is 1.40 bits per heavy atom. The first-order valence-electron chi connectivity index (χ1n) is 7.73. The summed E-state index contributed by atoms with van der Waals surface area (Å²) in [5.74, 6) is -0.900. The molecule has 3 N–H and O–H groups in total. The third-order valence-corrected chi connectivity index (χ3v) is 4.85. The standard InChI is InChI=1S/C17H17ClFN3O3/c1-8-14-10(4-6-13(14)21-17(24)25)15(22(8)2)16(23)20-9-3-5-12(19)11(18)7-9/h3,5,7,13,21H,4,6H2,1-2H3,(H,20,23)(H,24,25). The first-order valence-corrected chi connectivity index (χ1v) is 8.11. The van der Waals surface area contributed by atoms with Crippen LogP contribution in [0.15, 0.2) is 18.2 Å². The molecular weight excluding hydrogens is 349 g/mol. The third-order valence-electron chi connectivity index (χ3n) is 4.56. The van der Waals surface area contributed by atoms with Gasteiger partial charge in [-0.1, -0.05) is 11.6 Å². The molecule has 2 amide bonds. The number of carboxylic acid groups (broad SMARTS) is 1. The summed E-state index contributed by atoms with van der Waals surface area (Å²) in [7, 11) is 1.76. The number of halogens is 2. The predicted octanol–water partition coefficient (Wildman–Crippen LogP) is 3.63. The molecule has 0 bridgehead atoms. The third kappa shape index (κ3) is 3.07. The summed E-state index contributed by atoms with van der Waals surface area (Å²) in [5, 5.41) is 14.1. The lowest BCUT2D eigenvalue weighted by atomic mass is 10.1. The van der Waals surface area contributed by atoms with Gasteiger partial charge in [-0.3, -0.25) is 4.79 Å². The van der Waals surface area contributed by atoms with Gasteiger partial charge in [0, 0.05) is 18.4 Å². The van der Waals surface area contributed by atoms with Gasteiger partial charge < -0.3 is 20.3 Å². The van der Waals surface area contributed by atoms with E-state index in [2.05, 4.69) is 10.6 Å². The quantitative estimate of drug-likeness (QED) is 0.776. The van der Waals surface area contributed by atoms with Crippen LogP contribution in [0.3, 0.4) is 0 Å². The fraction of sp³-hybridized carbons (Fsp3) is 0.294. The molecule has 2 aromatic rings. The topological polar surface area (TPSA) is 83.4 Å². The molecule has 0 saturated heterocycles. The molecule has 25 heavy (non-hydrogen) atoms. The zero-order chi connectivity index (χ0) is 18.3. The van der Waals surface area contributed by atoms with Crippen LogP contribution in [0.4, 0.5) is 14.9 Å². The van der Waals surface area contributed by atoms with Crippen molar-refractivity contribution in [1.29, 1.82) is 0 Å². The zero-order valence-electron chi connectivity index (χ0n) is 13.7. The Morgan fingerprint density at radius 3 is 2.76 bits per heavy atom. The molecule has 1 heterocycles. The minimum Gasteiger partial charge on any atom is -0.465 e. The number of nitrogens with one attached hydrogen (secondary N) is 2. The maximum Gasteiger partial charge on any atom is 0.405 e. The molecule has 0 aliphatic heterocycles. The Hall–Kier alpha value is -2.54. The number of hydrogen-bond donors (Lipinski definition) is 3. The predicted molar refractivity (Wildman–Crippen MR) is 91.7 cm³/mol. The van der Waals surface area contributed by atoms with E-state index in [0.717, 1.165) is 16.8 Å². The first kappa shape index (κ1) is 17.3. The van der Waals surface area contributed by atoms with E-state index in [-0.39, 0.29) is 17.0 Å². The van der Waals surface area contributed by atoms with Crippen LogP contribution in [0.5, 0.6) is 0 Å². The summed E-state index contributed by atoms with van der Waals surface area (Å²) < 4.78 is 15.0. The Kier molecular flexibility index (Phi) is 4.43. The number of amides is 2. The fourth-order valence-electron chi connectivity index (χ4n) is 3.39. The monoisotopic (exact) mass is 365 g/mol. The SMILES string of the molecule is Cc1c2c(c(C(=O)Nc3ccc(F)c(Cl)c3)n1C)CCC2NC(=O)O. The van der Waals surface area contributed by atoms with E-state index in [0.29, 0.717) is 24.2 Å². The minimum absolute atomic E-state index is 0.0724. The molecule has 6 nitrogen and oxygen atoms in total. The highest BCUT2D eigenvalue weighted by molar-refractivity contribution is 6.31. The number of benzene rings is 1. The van der Waals surface area contributed by atoms with Gasteiger partial charge in [-0.15, -0.1) is 0 Å². The second-order valence-electron chi connectivity index (χ2n) is 6.01. The summed E-state index contributed by atoms with van der Waals surface area (Å²) in [5.41, 5.74) is 3.40. The zero-order valence-corrected chi connectivity index (χ0v) is 14.4. The Morgan fingerprint density at radius 2 is 2.12 bits per heavy atom. The summed E-state index contributed by atoms with van der Waals surface area (Å²) in [6, 6.07) is 3.65. The van der Waals surface area contributed by atoms with E-state index in [4.69, 9.17) is 16.7 Å². The maximum absolute atomic E-state index is 13.3. The molecule has 132 valence electrons. The number of carbonyl (C=O) groups excluding carboxylic acids is 1. The van der Waals surface area contributed by atoms with Crippen molar-refractivity contribution in [2.24, 2.45) is 7.05 Å². The van der Waals surface area contributed by atoms with Gasteiger partial charge in [-0.05, 0) is 49.1 Å². The van der Waals surface area contributed by atoms with Crippen LogP contribution in [-0.4, -0.2) is 21.7 Å². The normalized spacial score (nSPS) is 15.8. The second-order valence-corrected chi connectivity index (χ2v) is 6.42. The van der Waals surface area contributed by atoms with Gasteiger partial charge in [0.05, 0.1) is 11.1 Å². The fourth-order valence-corrected chi connectivity index (χ4v) is 3.57. The smallest absolute Gasteiger partial charge is 0.405 e. The van der Waals surface area contributed by atoms with Gasteiger partial charge in [-0.25, -0.2) is 9.18 Å². The molecule has 0 fully saturated rings. The van der Waals surface area contributed by atoms with Crippen molar-refractivity contribution in [2.75, 3.05) is 5.32 Å². The molecule has 1 aliphatic rings. The lowest BCUT2D eigenvalue weighted by molar-refractivity contribution is 0.101. The summed E-state index contributed by atoms with van der Waals surface area (Å²) in [6.45, 7) is 1.85. The number of hydrogen-bond acceptors (Lipinski definition) is 2. The van der Waals surface area contributed by atoms with Gasteiger partial charge in [0.1, 0.15) is 11.5 Å². The van der Waals surface area contributed by atoms with Crippen LogP contribution in [0, 0.1) is 12.7 Å². The number of anilines is 1. The van der Waals surface area contributed by atoms with Gasteiger partial charge in [-0.2, -0.15) is 0 Å². The van der Waals surface area contributed by atoms with Crippen molar-refractivity contribution in [3.8, 4) is 0 Å². The molecule has 1 aromatic heterocycles. The highest BCUT2D eigenvalue weighted by Gasteiger charge is 2.33. The first-order chi connectivity index (χ1) is 11.8. The van der Waals surface area contributed by atoms with E-state index in [1.54, 1.807) is 11.6 Å². The number of fused-ring (bicyclic) bond motifs is 1. The lowest BCUT2D eigenvalue weighted by Gasteiger charge is -2.12. The molecule has 1 atom stereocenters. The van der Waals surface area contributed by atoms with E-state index in [1.807, 2.05) is 6.92 Å². The van der Waals surface area contributed by atoms with E-state index in [1.165, 1.54) is 18.2 Å². The van der Waals surface area contributed by atoms with Crippen LogP contribution < -0.4 is 10.6 Å². The lowest BCUT2D eigenvalue weighted by Crippen LogP contribution is -2.25.